The van der Waals surface area contributed by atoms with Crippen molar-refractivity contribution in [2.75, 3.05) is 26.7 Å². The van der Waals surface area contributed by atoms with Crippen LogP contribution in [0.3, 0.4) is 0 Å². The Morgan fingerprint density at radius 2 is 2.16 bits per heavy atom. The van der Waals surface area contributed by atoms with E-state index in [1.54, 1.807) is 0 Å². The third-order valence-electron chi connectivity index (χ3n) is 8.05. The molecule has 2 fully saturated rings. The number of rotatable bonds is 3. The lowest BCUT2D eigenvalue weighted by molar-refractivity contribution is -0.167. The molecule has 1 aromatic carbocycles. The maximum absolute atomic E-state index is 13.9. The van der Waals surface area contributed by atoms with Gasteiger partial charge in [-0.05, 0) is 63.4 Å². The minimum atomic E-state index is -0.147. The summed E-state index contributed by atoms with van der Waals surface area (Å²) in [5.41, 5.74) is 5.04. The second kappa shape index (κ2) is 6.67. The lowest BCUT2D eigenvalue weighted by Gasteiger charge is -2.49. The molecule has 3 aliphatic heterocycles. The molecule has 164 valence electrons. The van der Waals surface area contributed by atoms with Crippen LogP contribution in [0.15, 0.2) is 30.5 Å². The molecule has 4 aliphatic rings. The zero-order chi connectivity index (χ0) is 21.5. The first kappa shape index (κ1) is 19.5. The van der Waals surface area contributed by atoms with Crippen LogP contribution in [0.1, 0.15) is 38.3 Å². The Morgan fingerprint density at radius 1 is 1.32 bits per heavy atom. The van der Waals surface area contributed by atoms with Crippen LogP contribution in [0.4, 0.5) is 0 Å². The van der Waals surface area contributed by atoms with Crippen LogP contribution in [0.5, 0.6) is 0 Å². The number of hydrogen-bond donors (Lipinski definition) is 1. The SMILES string of the molecule is CC(C)N(C(=O)[C@@H]1C=C2c3cccc4[nH]cc(c34)C[C@@]2(C)N(C)C1)N1C[C@@H]2C[C@H]1CO2. The Bertz CT molecular complexity index is 1090. The average Bonchev–Trinajstić information content (AvgIpc) is 3.46. The van der Waals surface area contributed by atoms with E-state index in [-0.39, 0.29) is 29.5 Å². The zero-order valence-corrected chi connectivity index (χ0v) is 18.9. The van der Waals surface area contributed by atoms with Gasteiger partial charge in [-0.3, -0.25) is 14.7 Å². The standard InChI is InChI=1S/C25H32N4O2/c1-15(2)29(28-13-19-9-18(28)14-31-19)24(30)16-8-21-20-6-5-7-22-23(20)17(11-26-22)10-25(21,3)27(4)12-16/h5-8,11,15-16,18-19,26H,9-10,12-14H2,1-4H3/t16-,18+,19+,25-/m1/s1. The second-order valence-corrected chi connectivity index (χ2v) is 10.3. The summed E-state index contributed by atoms with van der Waals surface area (Å²) in [4.78, 5) is 19.8. The summed E-state index contributed by atoms with van der Waals surface area (Å²) in [7, 11) is 2.18. The van der Waals surface area contributed by atoms with Crippen LogP contribution < -0.4 is 0 Å². The molecule has 1 N–H and O–H groups in total. The molecule has 4 heterocycles. The fraction of sp³-hybridized carbons (Fsp3) is 0.560. The summed E-state index contributed by atoms with van der Waals surface area (Å²) in [6.07, 6.45) is 6.73. The molecule has 2 bridgehead atoms. The first-order chi connectivity index (χ1) is 14.9. The fourth-order valence-corrected chi connectivity index (χ4v) is 6.38. The van der Waals surface area contributed by atoms with Crippen LogP contribution >= 0.6 is 0 Å². The number of benzene rings is 1. The molecule has 1 aromatic heterocycles. The molecule has 6 rings (SSSR count). The van der Waals surface area contributed by atoms with Gasteiger partial charge < -0.3 is 9.72 Å². The van der Waals surface area contributed by atoms with E-state index in [0.717, 1.165) is 32.5 Å². The number of fused-ring (bicyclic) bond motifs is 4. The molecule has 0 saturated carbocycles. The predicted octanol–water partition coefficient (Wildman–Crippen LogP) is 3.05. The number of amides is 1. The first-order valence-corrected chi connectivity index (χ1v) is 11.6. The van der Waals surface area contributed by atoms with Gasteiger partial charge in [0, 0.05) is 41.8 Å². The highest BCUT2D eigenvalue weighted by Crippen LogP contribution is 2.47. The van der Waals surface area contributed by atoms with Crippen molar-refractivity contribution in [3.63, 3.8) is 0 Å². The maximum atomic E-state index is 13.9. The van der Waals surface area contributed by atoms with Crippen LogP contribution in [0.25, 0.3) is 16.5 Å². The minimum absolute atomic E-state index is 0.0938. The number of hydrogen-bond acceptors (Lipinski definition) is 4. The first-order valence-electron chi connectivity index (χ1n) is 11.6. The van der Waals surface area contributed by atoms with Crippen LogP contribution in [0.2, 0.25) is 0 Å². The molecule has 1 aliphatic carbocycles. The molecular weight excluding hydrogens is 388 g/mol. The summed E-state index contributed by atoms with van der Waals surface area (Å²) in [5, 5.41) is 5.65. The van der Waals surface area contributed by atoms with E-state index in [2.05, 4.69) is 73.2 Å². The smallest absolute Gasteiger partial charge is 0.245 e. The summed E-state index contributed by atoms with van der Waals surface area (Å²) in [6, 6.07) is 6.96. The van der Waals surface area contributed by atoms with E-state index in [9.17, 15) is 4.79 Å². The van der Waals surface area contributed by atoms with Gasteiger partial charge in [0.15, 0.2) is 0 Å². The number of likely N-dealkylation sites (N-methyl/N-ethyl adjacent to an activating group) is 1. The highest BCUT2D eigenvalue weighted by molar-refractivity contribution is 6.00. The molecule has 0 unspecified atom stereocenters. The highest BCUT2D eigenvalue weighted by Gasteiger charge is 2.48. The molecule has 6 heteroatoms. The van der Waals surface area contributed by atoms with Gasteiger partial charge in [-0.25, -0.2) is 5.01 Å². The van der Waals surface area contributed by atoms with Crippen LogP contribution in [-0.4, -0.2) is 76.3 Å². The average molecular weight is 421 g/mol. The normalized spacial score (nSPS) is 32.5. The van der Waals surface area contributed by atoms with Gasteiger partial charge in [-0.15, -0.1) is 0 Å². The van der Waals surface area contributed by atoms with Gasteiger partial charge >= 0.3 is 0 Å². The van der Waals surface area contributed by atoms with E-state index >= 15 is 0 Å². The molecule has 0 spiro atoms. The minimum Gasteiger partial charge on any atom is -0.375 e. The Morgan fingerprint density at radius 3 is 2.87 bits per heavy atom. The van der Waals surface area contributed by atoms with Crippen LogP contribution in [0, 0.1) is 5.92 Å². The number of morpholine rings is 1. The molecule has 6 nitrogen and oxygen atoms in total. The van der Waals surface area contributed by atoms with Crippen molar-refractivity contribution in [3.05, 3.63) is 41.6 Å². The number of carbonyl (C=O) groups is 1. The molecule has 2 aromatic rings. The lowest BCUT2D eigenvalue weighted by Crippen LogP contribution is -2.59. The van der Waals surface area contributed by atoms with Gasteiger partial charge in [0.1, 0.15) is 0 Å². The molecule has 1 amide bonds. The molecule has 4 atom stereocenters. The maximum Gasteiger partial charge on any atom is 0.245 e. The topological polar surface area (TPSA) is 51.8 Å². The third kappa shape index (κ3) is 2.71. The Kier molecular flexibility index (Phi) is 4.20. The highest BCUT2D eigenvalue weighted by atomic mass is 16.5. The van der Waals surface area contributed by atoms with E-state index in [0.29, 0.717) is 6.04 Å². The Labute approximate surface area is 183 Å². The van der Waals surface area contributed by atoms with Gasteiger partial charge in [0.2, 0.25) is 5.91 Å². The third-order valence-corrected chi connectivity index (χ3v) is 8.05. The van der Waals surface area contributed by atoms with Crippen molar-refractivity contribution in [1.29, 1.82) is 0 Å². The predicted molar refractivity (Wildman–Crippen MR) is 121 cm³/mol. The lowest BCUT2D eigenvalue weighted by atomic mass is 9.71. The zero-order valence-electron chi connectivity index (χ0n) is 18.9. The van der Waals surface area contributed by atoms with Crippen LogP contribution in [-0.2, 0) is 16.0 Å². The number of nitrogens with one attached hydrogen (secondary N) is 1. The van der Waals surface area contributed by atoms with Gasteiger partial charge in [0.25, 0.3) is 0 Å². The summed E-state index contributed by atoms with van der Waals surface area (Å²) in [5.74, 6) is 0.0715. The van der Waals surface area contributed by atoms with E-state index in [4.69, 9.17) is 4.74 Å². The van der Waals surface area contributed by atoms with Gasteiger partial charge in [0.05, 0.1) is 24.7 Å². The number of ether oxygens (including phenoxy) is 1. The molecule has 2 saturated heterocycles. The summed E-state index contributed by atoms with van der Waals surface area (Å²) < 4.78 is 5.79. The quantitative estimate of drug-likeness (QED) is 0.829. The number of aromatic amines is 1. The number of aromatic nitrogens is 1. The number of hydrazine groups is 1. The molecule has 31 heavy (non-hydrogen) atoms. The van der Waals surface area contributed by atoms with Crippen molar-refractivity contribution in [2.24, 2.45) is 5.92 Å². The largest absolute Gasteiger partial charge is 0.375 e. The Hall–Kier alpha value is -2.15. The summed E-state index contributed by atoms with van der Waals surface area (Å²) in [6.45, 7) is 8.89. The van der Waals surface area contributed by atoms with Gasteiger partial charge in [-0.1, -0.05) is 18.2 Å². The monoisotopic (exact) mass is 420 g/mol. The van der Waals surface area contributed by atoms with Gasteiger partial charge in [-0.2, -0.15) is 0 Å². The van der Waals surface area contributed by atoms with E-state index < -0.39 is 0 Å². The van der Waals surface area contributed by atoms with Crippen molar-refractivity contribution < 1.29 is 9.53 Å². The fourth-order valence-electron chi connectivity index (χ4n) is 6.38. The van der Waals surface area contributed by atoms with E-state index in [1.807, 2.05) is 5.01 Å². The van der Waals surface area contributed by atoms with E-state index in [1.165, 1.54) is 27.6 Å². The number of carbonyl (C=O) groups excluding carboxylic acids is 1. The number of H-pyrrole nitrogens is 1. The van der Waals surface area contributed by atoms with Crippen molar-refractivity contribution in [3.8, 4) is 0 Å². The summed E-state index contributed by atoms with van der Waals surface area (Å²) >= 11 is 0. The van der Waals surface area contributed by atoms with Crippen molar-refractivity contribution in [1.82, 2.24) is 19.9 Å². The second-order valence-electron chi connectivity index (χ2n) is 10.3. The van der Waals surface area contributed by atoms with Crippen molar-refractivity contribution >= 4 is 22.4 Å². The number of nitrogens with zero attached hydrogens (tertiary/aromatic N) is 3. The molecule has 0 radical (unpaired) electrons. The molecular formula is C25H32N4O2. The Balaban J connectivity index is 1.40. The van der Waals surface area contributed by atoms with Crippen molar-refractivity contribution in [2.45, 2.75) is 57.3 Å².